The van der Waals surface area contributed by atoms with Gasteiger partial charge in [0, 0.05) is 56.6 Å². The number of amides is 1. The summed E-state index contributed by atoms with van der Waals surface area (Å²) >= 11 is 0. The second kappa shape index (κ2) is 8.16. The molecule has 150 valence electrons. The first-order valence-corrected chi connectivity index (χ1v) is 11.4. The number of sulfonamides is 1. The van der Waals surface area contributed by atoms with E-state index >= 15 is 0 Å². The van der Waals surface area contributed by atoms with Crippen molar-refractivity contribution in [3.8, 4) is 0 Å². The van der Waals surface area contributed by atoms with Gasteiger partial charge in [-0.15, -0.1) is 0 Å². The molecule has 27 heavy (non-hydrogen) atoms. The van der Waals surface area contributed by atoms with Crippen molar-refractivity contribution in [3.63, 3.8) is 0 Å². The largest absolute Gasteiger partial charge is 0.369 e. The molecule has 2 aliphatic heterocycles. The normalized spacial score (nSPS) is 20.6. The lowest BCUT2D eigenvalue weighted by Crippen LogP contribution is -2.44. The lowest BCUT2D eigenvalue weighted by atomic mass is 9.97. The van der Waals surface area contributed by atoms with Crippen molar-refractivity contribution in [1.29, 1.82) is 0 Å². The number of hydrogen-bond donors (Lipinski definition) is 1. The highest BCUT2D eigenvalue weighted by Gasteiger charge is 2.29. The number of nitrogens with zero attached hydrogens (tertiary/aromatic N) is 3. The Labute approximate surface area is 162 Å². The third-order valence-electron chi connectivity index (χ3n) is 5.63. The third-order valence-corrected chi connectivity index (χ3v) is 6.93. The van der Waals surface area contributed by atoms with Crippen LogP contribution in [0.3, 0.4) is 0 Å². The number of piperazine rings is 1. The average Bonchev–Trinajstić information content (AvgIpc) is 2.63. The van der Waals surface area contributed by atoms with E-state index in [1.54, 1.807) is 0 Å². The Morgan fingerprint density at radius 1 is 1.07 bits per heavy atom. The molecule has 0 saturated carbocycles. The van der Waals surface area contributed by atoms with E-state index in [1.807, 2.05) is 13.0 Å². The molecule has 1 aromatic rings. The number of benzene rings is 1. The first-order chi connectivity index (χ1) is 12.7. The quantitative estimate of drug-likeness (QED) is 0.835. The Morgan fingerprint density at radius 3 is 2.26 bits per heavy atom. The Kier molecular flexibility index (Phi) is 6.08. The van der Waals surface area contributed by atoms with E-state index in [1.165, 1.54) is 16.2 Å². The molecule has 8 heteroatoms. The van der Waals surface area contributed by atoms with Crippen LogP contribution < -0.4 is 10.2 Å². The molecule has 2 aliphatic rings. The predicted octanol–water partition coefficient (Wildman–Crippen LogP) is 1.36. The van der Waals surface area contributed by atoms with Gasteiger partial charge in [0.05, 0.1) is 6.26 Å². The van der Waals surface area contributed by atoms with Gasteiger partial charge in [0.2, 0.25) is 15.9 Å². The fourth-order valence-electron chi connectivity index (χ4n) is 3.73. The molecular weight excluding hydrogens is 364 g/mol. The lowest BCUT2D eigenvalue weighted by Gasteiger charge is -2.34. The number of likely N-dealkylation sites (N-methyl/N-ethyl adjacent to an activating group) is 1. The van der Waals surface area contributed by atoms with Crippen LogP contribution in [0.1, 0.15) is 18.4 Å². The van der Waals surface area contributed by atoms with Crippen LogP contribution in [0.4, 0.5) is 11.4 Å². The van der Waals surface area contributed by atoms with Gasteiger partial charge in [0.25, 0.3) is 0 Å². The summed E-state index contributed by atoms with van der Waals surface area (Å²) in [5.74, 6) is -0.154. The van der Waals surface area contributed by atoms with Crippen LogP contribution in [0.15, 0.2) is 18.2 Å². The molecule has 0 aromatic heterocycles. The highest BCUT2D eigenvalue weighted by molar-refractivity contribution is 7.88. The predicted molar refractivity (Wildman–Crippen MR) is 109 cm³/mol. The van der Waals surface area contributed by atoms with Crippen LogP contribution >= 0.6 is 0 Å². The van der Waals surface area contributed by atoms with Crippen molar-refractivity contribution >= 4 is 27.3 Å². The SMILES string of the molecule is Cc1cc(N2CCN(C)CC2)ccc1NC(=O)C1CCN(S(C)(=O)=O)CC1. The topological polar surface area (TPSA) is 73.0 Å². The van der Waals surface area contributed by atoms with Crippen molar-refractivity contribution in [1.82, 2.24) is 9.21 Å². The molecule has 1 N–H and O–H groups in total. The van der Waals surface area contributed by atoms with Crippen LogP contribution in [0.5, 0.6) is 0 Å². The molecule has 2 fully saturated rings. The highest BCUT2D eigenvalue weighted by atomic mass is 32.2. The monoisotopic (exact) mass is 394 g/mol. The Morgan fingerprint density at radius 2 is 1.70 bits per heavy atom. The zero-order chi connectivity index (χ0) is 19.6. The van der Waals surface area contributed by atoms with E-state index in [2.05, 4.69) is 34.3 Å². The first-order valence-electron chi connectivity index (χ1n) is 9.54. The molecule has 2 saturated heterocycles. The highest BCUT2D eigenvalue weighted by Crippen LogP contribution is 2.26. The molecule has 0 radical (unpaired) electrons. The number of hydrogen-bond acceptors (Lipinski definition) is 5. The minimum Gasteiger partial charge on any atom is -0.369 e. The summed E-state index contributed by atoms with van der Waals surface area (Å²) in [6, 6.07) is 6.18. The van der Waals surface area contributed by atoms with Crippen molar-refractivity contribution in [3.05, 3.63) is 23.8 Å². The minimum absolute atomic E-state index is 0.0152. The number of aryl methyl sites for hydroxylation is 1. The maximum Gasteiger partial charge on any atom is 0.227 e. The molecular formula is C19H30N4O3S. The van der Waals surface area contributed by atoms with Gasteiger partial charge in [-0.25, -0.2) is 12.7 Å². The minimum atomic E-state index is -3.17. The molecule has 0 atom stereocenters. The standard InChI is InChI=1S/C19H30N4O3S/c1-15-14-17(22-12-10-21(2)11-13-22)4-5-18(15)20-19(24)16-6-8-23(9-7-16)27(3,25)26/h4-5,14,16H,6-13H2,1-3H3,(H,20,24). The number of nitrogens with one attached hydrogen (secondary N) is 1. The molecule has 1 aromatic carbocycles. The van der Waals surface area contributed by atoms with Crippen molar-refractivity contribution < 1.29 is 13.2 Å². The van der Waals surface area contributed by atoms with Crippen molar-refractivity contribution in [2.75, 3.05) is 62.8 Å². The van der Waals surface area contributed by atoms with Crippen molar-refractivity contribution in [2.24, 2.45) is 5.92 Å². The van der Waals surface area contributed by atoms with E-state index in [0.717, 1.165) is 37.4 Å². The summed E-state index contributed by atoms with van der Waals surface area (Å²) in [7, 11) is -1.03. The van der Waals surface area contributed by atoms with Gasteiger partial charge in [0.15, 0.2) is 0 Å². The van der Waals surface area contributed by atoms with E-state index in [9.17, 15) is 13.2 Å². The molecule has 7 nitrogen and oxygen atoms in total. The van der Waals surface area contributed by atoms with Gasteiger partial charge in [0.1, 0.15) is 0 Å². The Bertz CT molecular complexity index is 780. The Balaban J connectivity index is 1.58. The fourth-order valence-corrected chi connectivity index (χ4v) is 4.61. The van der Waals surface area contributed by atoms with Gasteiger partial charge < -0.3 is 15.1 Å². The number of piperidine rings is 1. The summed E-state index contributed by atoms with van der Waals surface area (Å²) < 4.78 is 24.6. The fraction of sp³-hybridized carbons (Fsp3) is 0.632. The lowest BCUT2D eigenvalue weighted by molar-refractivity contribution is -0.120. The summed E-state index contributed by atoms with van der Waals surface area (Å²) in [4.78, 5) is 17.3. The second-order valence-electron chi connectivity index (χ2n) is 7.72. The van der Waals surface area contributed by atoms with Crippen molar-refractivity contribution in [2.45, 2.75) is 19.8 Å². The first kappa shape index (κ1) is 20.1. The van der Waals surface area contributed by atoms with Crippen LogP contribution in [-0.2, 0) is 14.8 Å². The van der Waals surface area contributed by atoms with Crippen LogP contribution in [0.25, 0.3) is 0 Å². The van der Waals surface area contributed by atoms with Gasteiger partial charge in [-0.3, -0.25) is 4.79 Å². The summed E-state index contributed by atoms with van der Waals surface area (Å²) in [5, 5.41) is 3.04. The van der Waals surface area contributed by atoms with Gasteiger partial charge in [-0.05, 0) is 50.6 Å². The number of rotatable bonds is 4. The average molecular weight is 395 g/mol. The number of anilines is 2. The van der Waals surface area contributed by atoms with E-state index in [-0.39, 0.29) is 11.8 Å². The summed E-state index contributed by atoms with van der Waals surface area (Å²) in [6.45, 7) is 6.99. The second-order valence-corrected chi connectivity index (χ2v) is 9.70. The van der Waals surface area contributed by atoms with E-state index < -0.39 is 10.0 Å². The molecule has 2 heterocycles. The van der Waals surface area contributed by atoms with Crippen LogP contribution in [-0.4, -0.2) is 76.1 Å². The molecule has 3 rings (SSSR count). The molecule has 1 amide bonds. The molecule has 0 spiro atoms. The summed E-state index contributed by atoms with van der Waals surface area (Å²) in [5.41, 5.74) is 3.08. The Hall–Kier alpha value is -1.64. The summed E-state index contributed by atoms with van der Waals surface area (Å²) in [6.07, 6.45) is 2.35. The maximum absolute atomic E-state index is 12.6. The molecule has 0 unspecified atom stereocenters. The zero-order valence-corrected chi connectivity index (χ0v) is 17.3. The van der Waals surface area contributed by atoms with Gasteiger partial charge >= 0.3 is 0 Å². The third kappa shape index (κ3) is 5.00. The smallest absolute Gasteiger partial charge is 0.227 e. The van der Waals surface area contributed by atoms with Gasteiger partial charge in [-0.1, -0.05) is 0 Å². The van der Waals surface area contributed by atoms with Crippen LogP contribution in [0.2, 0.25) is 0 Å². The number of carbonyl (C=O) groups is 1. The van der Waals surface area contributed by atoms with E-state index in [4.69, 9.17) is 0 Å². The zero-order valence-electron chi connectivity index (χ0n) is 16.4. The van der Waals surface area contributed by atoms with Crippen LogP contribution in [0, 0.1) is 12.8 Å². The van der Waals surface area contributed by atoms with Gasteiger partial charge in [-0.2, -0.15) is 0 Å². The maximum atomic E-state index is 12.6. The van der Waals surface area contributed by atoms with E-state index in [0.29, 0.717) is 25.9 Å². The molecule has 0 bridgehead atoms. The molecule has 0 aliphatic carbocycles. The number of carbonyl (C=O) groups excluding carboxylic acids is 1.